The third-order valence-corrected chi connectivity index (χ3v) is 6.10. The van der Waals surface area contributed by atoms with Crippen molar-refractivity contribution in [2.75, 3.05) is 0 Å². The Kier molecular flexibility index (Phi) is 9.43. The Bertz CT molecular complexity index is 967. The zero-order valence-electron chi connectivity index (χ0n) is 17.8. The van der Waals surface area contributed by atoms with E-state index in [0.29, 0.717) is 0 Å². The Labute approximate surface area is 210 Å². The zero-order valence-corrected chi connectivity index (χ0v) is 17.8. The molecular weight excluding hydrogens is 418 g/mol. The summed E-state index contributed by atoms with van der Waals surface area (Å²) in [5.74, 6) is -1.18. The van der Waals surface area contributed by atoms with Gasteiger partial charge in [0.05, 0.1) is 18.6 Å². The zero-order chi connectivity index (χ0) is 22.6. The van der Waals surface area contributed by atoms with Gasteiger partial charge in [0.1, 0.15) is 5.82 Å². The van der Waals surface area contributed by atoms with Gasteiger partial charge in [-0.3, -0.25) is 4.79 Å². The minimum absolute atomic E-state index is 0. The van der Waals surface area contributed by atoms with Crippen LogP contribution >= 0.6 is 0 Å². The summed E-state index contributed by atoms with van der Waals surface area (Å²) in [6.45, 7) is 4.32. The predicted molar refractivity (Wildman–Crippen MR) is 126 cm³/mol. The number of hydrogen-bond acceptors (Lipinski definition) is 3. The normalized spacial score (nSPS) is 19.6. The van der Waals surface area contributed by atoms with Gasteiger partial charge in [-0.25, -0.2) is 4.39 Å². The molecule has 0 spiro atoms. The van der Waals surface area contributed by atoms with Gasteiger partial charge in [-0.15, -0.1) is 0 Å². The third-order valence-electron chi connectivity index (χ3n) is 6.10. The van der Waals surface area contributed by atoms with Gasteiger partial charge in [-0.2, -0.15) is 0 Å². The summed E-state index contributed by atoms with van der Waals surface area (Å²) in [6.07, 6.45) is 1.72. The SMILES string of the molecule is CC1(C)C(/C=C/C(O)CC(O)CC(=O)O)=C(c2ccc(F)cc2)CC1c1ccccc1.[NaH]. The summed E-state index contributed by atoms with van der Waals surface area (Å²) in [4.78, 5) is 10.7. The summed E-state index contributed by atoms with van der Waals surface area (Å²) >= 11 is 0. The molecule has 0 saturated carbocycles. The van der Waals surface area contributed by atoms with Crippen molar-refractivity contribution in [3.05, 3.63) is 89.3 Å². The molecule has 6 heteroatoms. The number of aliphatic carboxylic acids is 1. The molecule has 4 nitrogen and oxygen atoms in total. The van der Waals surface area contributed by atoms with Gasteiger partial charge < -0.3 is 15.3 Å². The predicted octanol–water partition coefficient (Wildman–Crippen LogP) is 4.29. The van der Waals surface area contributed by atoms with Crippen molar-refractivity contribution >= 4 is 41.1 Å². The van der Waals surface area contributed by atoms with E-state index in [1.54, 1.807) is 18.2 Å². The van der Waals surface area contributed by atoms with Crippen LogP contribution in [0.4, 0.5) is 4.39 Å². The topological polar surface area (TPSA) is 77.8 Å². The number of carboxylic acid groups (broad SMARTS) is 1. The molecule has 0 heterocycles. The van der Waals surface area contributed by atoms with Crippen LogP contribution in [0.1, 0.15) is 50.2 Å². The Morgan fingerprint density at radius 2 is 1.75 bits per heavy atom. The quantitative estimate of drug-likeness (QED) is 0.527. The molecule has 1 aliphatic rings. The van der Waals surface area contributed by atoms with Gasteiger partial charge in [-0.05, 0) is 52.2 Å². The average Bonchev–Trinajstić information content (AvgIpc) is 2.97. The van der Waals surface area contributed by atoms with E-state index in [9.17, 15) is 19.4 Å². The fraction of sp³-hybridized carbons (Fsp3) is 0.346. The third kappa shape index (κ3) is 6.40. The number of hydrogen-bond donors (Lipinski definition) is 3. The number of benzene rings is 2. The molecule has 0 aromatic heterocycles. The first kappa shape index (κ1) is 26.5. The fourth-order valence-electron chi connectivity index (χ4n) is 4.46. The van der Waals surface area contributed by atoms with Crippen molar-refractivity contribution in [2.45, 2.75) is 51.2 Å². The van der Waals surface area contributed by atoms with Crippen LogP contribution in [0, 0.1) is 11.2 Å². The molecule has 3 unspecified atom stereocenters. The summed E-state index contributed by atoms with van der Waals surface area (Å²) in [7, 11) is 0. The number of allylic oxidation sites excluding steroid dienone is 3. The van der Waals surface area contributed by atoms with Crippen LogP contribution in [0.15, 0.2) is 72.3 Å². The van der Waals surface area contributed by atoms with Gasteiger partial charge in [0, 0.05) is 6.42 Å². The Balaban J connectivity index is 0.00000363. The van der Waals surface area contributed by atoms with Gasteiger partial charge in [0.15, 0.2) is 0 Å². The van der Waals surface area contributed by atoms with Crippen LogP contribution in [0.25, 0.3) is 5.57 Å². The first-order valence-electron chi connectivity index (χ1n) is 10.5. The van der Waals surface area contributed by atoms with Crippen molar-refractivity contribution in [1.29, 1.82) is 0 Å². The van der Waals surface area contributed by atoms with Crippen LogP contribution in [0.5, 0.6) is 0 Å². The molecule has 0 radical (unpaired) electrons. The van der Waals surface area contributed by atoms with E-state index in [1.807, 2.05) is 24.3 Å². The first-order valence-corrected chi connectivity index (χ1v) is 10.5. The molecule has 0 bridgehead atoms. The first-order chi connectivity index (χ1) is 14.7. The summed E-state index contributed by atoms with van der Waals surface area (Å²) in [5, 5.41) is 28.9. The molecule has 2 aromatic carbocycles. The van der Waals surface area contributed by atoms with Crippen LogP contribution in [0.2, 0.25) is 0 Å². The molecule has 2 aromatic rings. The fourth-order valence-corrected chi connectivity index (χ4v) is 4.46. The second kappa shape index (κ2) is 11.4. The molecule has 166 valence electrons. The Morgan fingerprint density at radius 1 is 1.12 bits per heavy atom. The van der Waals surface area contributed by atoms with Gasteiger partial charge in [0.2, 0.25) is 0 Å². The van der Waals surface area contributed by atoms with Gasteiger partial charge >= 0.3 is 35.5 Å². The Morgan fingerprint density at radius 3 is 2.34 bits per heavy atom. The van der Waals surface area contributed by atoms with Crippen molar-refractivity contribution in [3.63, 3.8) is 0 Å². The maximum absolute atomic E-state index is 13.5. The average molecular weight is 449 g/mol. The molecular formula is C26H30FNaO4. The van der Waals surface area contributed by atoms with E-state index in [4.69, 9.17) is 5.11 Å². The van der Waals surface area contributed by atoms with E-state index >= 15 is 0 Å². The van der Waals surface area contributed by atoms with Crippen LogP contribution in [-0.2, 0) is 4.79 Å². The van der Waals surface area contributed by atoms with E-state index in [2.05, 4.69) is 26.0 Å². The minimum atomic E-state index is -1.11. The molecule has 3 atom stereocenters. The van der Waals surface area contributed by atoms with Crippen LogP contribution < -0.4 is 0 Å². The second-order valence-corrected chi connectivity index (χ2v) is 8.70. The molecule has 3 N–H and O–H groups in total. The number of aliphatic hydroxyl groups excluding tert-OH is 2. The maximum atomic E-state index is 13.5. The monoisotopic (exact) mass is 448 g/mol. The molecule has 0 aliphatic heterocycles. The molecule has 32 heavy (non-hydrogen) atoms. The second-order valence-electron chi connectivity index (χ2n) is 8.70. The molecule has 0 amide bonds. The van der Waals surface area contributed by atoms with Crippen LogP contribution in [0.3, 0.4) is 0 Å². The Hall–Kier alpha value is -1.76. The van der Waals surface area contributed by atoms with Crippen molar-refractivity contribution in [2.24, 2.45) is 5.41 Å². The van der Waals surface area contributed by atoms with E-state index in [1.165, 1.54) is 17.7 Å². The number of aliphatic hydroxyl groups is 2. The van der Waals surface area contributed by atoms with Crippen molar-refractivity contribution < 1.29 is 24.5 Å². The molecule has 0 saturated heterocycles. The number of carbonyl (C=O) groups is 1. The number of halogens is 1. The summed E-state index contributed by atoms with van der Waals surface area (Å²) in [6, 6.07) is 16.7. The summed E-state index contributed by atoms with van der Waals surface area (Å²) in [5.41, 5.74) is 4.04. The summed E-state index contributed by atoms with van der Waals surface area (Å²) < 4.78 is 13.5. The van der Waals surface area contributed by atoms with E-state index in [0.717, 1.165) is 23.1 Å². The number of carboxylic acids is 1. The molecule has 3 rings (SSSR count). The van der Waals surface area contributed by atoms with Crippen molar-refractivity contribution in [3.8, 4) is 0 Å². The van der Waals surface area contributed by atoms with Crippen molar-refractivity contribution in [1.82, 2.24) is 0 Å². The van der Waals surface area contributed by atoms with E-state index < -0.39 is 24.6 Å². The van der Waals surface area contributed by atoms with Gasteiger partial charge in [0.25, 0.3) is 0 Å². The van der Waals surface area contributed by atoms with Gasteiger partial charge in [-0.1, -0.05) is 68.5 Å². The molecule has 0 fully saturated rings. The van der Waals surface area contributed by atoms with Crippen LogP contribution in [-0.4, -0.2) is 63.1 Å². The standard InChI is InChI=1S/C26H29FO4.Na.H/c1-26(2)23(13-12-20(28)14-21(29)15-25(30)31)22(17-8-10-19(27)11-9-17)16-24(26)18-6-4-3-5-7-18;;/h3-13,20-21,24,28-29H,14-16H2,1-2H3,(H,30,31);;/b13-12+;;. The van der Waals surface area contributed by atoms with E-state index in [-0.39, 0.29) is 53.1 Å². The molecule has 1 aliphatic carbocycles. The number of rotatable bonds is 8.